The number of carbonyl (C=O) groups is 2. The third-order valence-corrected chi connectivity index (χ3v) is 3.83. The lowest BCUT2D eigenvalue weighted by Gasteiger charge is -2.27. The molecular formula is C15H19FN2O3. The van der Waals surface area contributed by atoms with Gasteiger partial charge in [-0.2, -0.15) is 0 Å². The van der Waals surface area contributed by atoms with Gasteiger partial charge >= 0.3 is 12.0 Å². The first-order chi connectivity index (χ1) is 9.97. The summed E-state index contributed by atoms with van der Waals surface area (Å²) in [6, 6.07) is 3.37. The van der Waals surface area contributed by atoms with Crippen LogP contribution in [0.15, 0.2) is 18.2 Å². The highest BCUT2D eigenvalue weighted by Gasteiger charge is 2.21. The van der Waals surface area contributed by atoms with Gasteiger partial charge in [-0.1, -0.05) is 13.0 Å². The van der Waals surface area contributed by atoms with E-state index in [1.54, 1.807) is 0 Å². The van der Waals surface area contributed by atoms with Gasteiger partial charge in [-0.15, -0.1) is 0 Å². The molecule has 1 aromatic carbocycles. The van der Waals surface area contributed by atoms with Crippen LogP contribution >= 0.6 is 0 Å². The molecule has 2 amide bonds. The molecule has 114 valence electrons. The third kappa shape index (κ3) is 3.93. The van der Waals surface area contributed by atoms with E-state index in [9.17, 15) is 14.0 Å². The van der Waals surface area contributed by atoms with Gasteiger partial charge in [-0.05, 0) is 43.7 Å². The second kappa shape index (κ2) is 6.56. The Morgan fingerprint density at radius 1 is 1.24 bits per heavy atom. The van der Waals surface area contributed by atoms with E-state index in [0.29, 0.717) is 5.92 Å². The van der Waals surface area contributed by atoms with Crippen molar-refractivity contribution in [3.63, 3.8) is 0 Å². The van der Waals surface area contributed by atoms with E-state index in [-0.39, 0.29) is 11.7 Å². The normalized spacial score (nSPS) is 21.6. The summed E-state index contributed by atoms with van der Waals surface area (Å²) < 4.78 is 13.5. The van der Waals surface area contributed by atoms with E-state index >= 15 is 0 Å². The van der Waals surface area contributed by atoms with Crippen molar-refractivity contribution in [2.45, 2.75) is 38.6 Å². The van der Waals surface area contributed by atoms with Crippen molar-refractivity contribution in [1.29, 1.82) is 0 Å². The zero-order valence-electron chi connectivity index (χ0n) is 11.9. The van der Waals surface area contributed by atoms with Gasteiger partial charge in [0.2, 0.25) is 0 Å². The Morgan fingerprint density at radius 3 is 2.52 bits per heavy atom. The highest BCUT2D eigenvalue weighted by atomic mass is 19.1. The van der Waals surface area contributed by atoms with Gasteiger partial charge in [0.15, 0.2) is 0 Å². The maximum atomic E-state index is 13.5. The summed E-state index contributed by atoms with van der Waals surface area (Å²) in [6.45, 7) is 2.18. The molecule has 21 heavy (non-hydrogen) atoms. The van der Waals surface area contributed by atoms with Crippen LogP contribution in [0.2, 0.25) is 0 Å². The topological polar surface area (TPSA) is 78.4 Å². The molecule has 0 aliphatic heterocycles. The summed E-state index contributed by atoms with van der Waals surface area (Å²) in [5.74, 6) is -1.60. The molecule has 3 N–H and O–H groups in total. The lowest BCUT2D eigenvalue weighted by atomic mass is 9.87. The molecule has 0 bridgehead atoms. The van der Waals surface area contributed by atoms with Crippen molar-refractivity contribution in [3.8, 4) is 0 Å². The van der Waals surface area contributed by atoms with Crippen LogP contribution in [-0.2, 0) is 0 Å². The number of carboxylic acids is 1. The number of halogens is 1. The number of hydrogen-bond acceptors (Lipinski definition) is 2. The minimum Gasteiger partial charge on any atom is -0.478 e. The summed E-state index contributed by atoms with van der Waals surface area (Å²) in [6.07, 6.45) is 3.93. The Balaban J connectivity index is 2.00. The lowest BCUT2D eigenvalue weighted by Crippen LogP contribution is -2.40. The molecule has 1 saturated carbocycles. The van der Waals surface area contributed by atoms with Crippen molar-refractivity contribution in [2.75, 3.05) is 5.32 Å². The second-order valence-electron chi connectivity index (χ2n) is 5.52. The first kappa shape index (κ1) is 15.3. The van der Waals surface area contributed by atoms with Gasteiger partial charge in [0, 0.05) is 6.04 Å². The van der Waals surface area contributed by atoms with Crippen molar-refractivity contribution in [2.24, 2.45) is 5.92 Å². The van der Waals surface area contributed by atoms with Crippen LogP contribution in [0.1, 0.15) is 43.0 Å². The fraction of sp³-hybridized carbons (Fsp3) is 0.467. The molecule has 0 saturated heterocycles. The van der Waals surface area contributed by atoms with Crippen molar-refractivity contribution in [1.82, 2.24) is 5.32 Å². The number of carboxylic acid groups (broad SMARTS) is 1. The molecule has 0 unspecified atom stereocenters. The Hall–Kier alpha value is -2.11. The molecule has 1 aromatic rings. The zero-order valence-corrected chi connectivity index (χ0v) is 11.9. The van der Waals surface area contributed by atoms with Gasteiger partial charge in [0.25, 0.3) is 0 Å². The first-order valence-corrected chi connectivity index (χ1v) is 7.06. The van der Waals surface area contributed by atoms with Crippen LogP contribution in [0.3, 0.4) is 0 Å². The Labute approximate surface area is 122 Å². The van der Waals surface area contributed by atoms with Gasteiger partial charge in [-0.25, -0.2) is 14.0 Å². The van der Waals surface area contributed by atoms with Crippen LogP contribution in [0, 0.1) is 11.7 Å². The highest BCUT2D eigenvalue weighted by Crippen LogP contribution is 2.24. The molecular weight excluding hydrogens is 275 g/mol. The number of amides is 2. The molecule has 1 fully saturated rings. The Bertz CT molecular complexity index is 540. The summed E-state index contributed by atoms with van der Waals surface area (Å²) in [4.78, 5) is 22.9. The van der Waals surface area contributed by atoms with E-state index in [2.05, 4.69) is 17.6 Å². The summed E-state index contributed by atoms with van der Waals surface area (Å²) in [7, 11) is 0. The lowest BCUT2D eigenvalue weighted by molar-refractivity contribution is 0.0693. The predicted molar refractivity (Wildman–Crippen MR) is 76.9 cm³/mol. The fourth-order valence-electron chi connectivity index (χ4n) is 2.59. The van der Waals surface area contributed by atoms with Gasteiger partial charge in [0.05, 0.1) is 5.69 Å². The predicted octanol–water partition coefficient (Wildman–Crippen LogP) is 3.22. The number of carbonyl (C=O) groups excluding carboxylic acids is 1. The molecule has 5 nitrogen and oxygen atoms in total. The number of aromatic carboxylic acids is 1. The van der Waals surface area contributed by atoms with E-state index in [1.165, 1.54) is 12.1 Å². The number of hydrogen-bond donors (Lipinski definition) is 3. The largest absolute Gasteiger partial charge is 0.478 e. The van der Waals surface area contributed by atoms with Crippen molar-refractivity contribution < 1.29 is 19.1 Å². The monoisotopic (exact) mass is 294 g/mol. The van der Waals surface area contributed by atoms with Crippen LogP contribution in [0.25, 0.3) is 0 Å². The number of benzene rings is 1. The van der Waals surface area contributed by atoms with Gasteiger partial charge in [-0.3, -0.25) is 0 Å². The minimum atomic E-state index is -1.41. The molecule has 0 spiro atoms. The third-order valence-electron chi connectivity index (χ3n) is 3.83. The van der Waals surface area contributed by atoms with E-state index in [4.69, 9.17) is 5.11 Å². The zero-order chi connectivity index (χ0) is 15.4. The summed E-state index contributed by atoms with van der Waals surface area (Å²) >= 11 is 0. The average Bonchev–Trinajstić information content (AvgIpc) is 2.41. The number of urea groups is 1. The van der Waals surface area contributed by atoms with Crippen molar-refractivity contribution >= 4 is 17.7 Å². The average molecular weight is 294 g/mol. The smallest absolute Gasteiger partial charge is 0.340 e. The molecule has 0 aromatic heterocycles. The number of nitrogens with one attached hydrogen (secondary N) is 2. The van der Waals surface area contributed by atoms with E-state index < -0.39 is 23.4 Å². The Morgan fingerprint density at radius 2 is 1.90 bits per heavy atom. The Kier molecular flexibility index (Phi) is 4.77. The van der Waals surface area contributed by atoms with Crippen LogP contribution < -0.4 is 10.6 Å². The quantitative estimate of drug-likeness (QED) is 0.801. The molecule has 0 atom stereocenters. The van der Waals surface area contributed by atoms with Crippen LogP contribution in [-0.4, -0.2) is 23.1 Å². The number of rotatable bonds is 3. The van der Waals surface area contributed by atoms with Crippen LogP contribution in [0.4, 0.5) is 14.9 Å². The standard InChI is InChI=1S/C15H19FN2O3/c1-9-5-7-10(8-6-9)17-15(21)18-12-4-2-3-11(16)13(12)14(19)20/h2-4,9-10H,5-8H2,1H3,(H,19,20)(H2,17,18,21). The van der Waals surface area contributed by atoms with Crippen molar-refractivity contribution in [3.05, 3.63) is 29.6 Å². The second-order valence-corrected chi connectivity index (χ2v) is 5.52. The minimum absolute atomic E-state index is 0.0378. The van der Waals surface area contributed by atoms with E-state index in [1.807, 2.05) is 0 Å². The highest BCUT2D eigenvalue weighted by molar-refractivity contribution is 6.00. The molecule has 0 heterocycles. The first-order valence-electron chi connectivity index (χ1n) is 7.06. The molecule has 2 rings (SSSR count). The maximum absolute atomic E-state index is 13.5. The SMILES string of the molecule is CC1CCC(NC(=O)Nc2cccc(F)c2C(=O)O)CC1. The summed E-state index contributed by atoms with van der Waals surface area (Å²) in [5, 5.41) is 14.2. The molecule has 0 radical (unpaired) electrons. The molecule has 1 aliphatic carbocycles. The molecule has 1 aliphatic rings. The van der Waals surface area contributed by atoms with E-state index in [0.717, 1.165) is 31.7 Å². The molecule has 6 heteroatoms. The summed E-state index contributed by atoms with van der Waals surface area (Å²) in [5.41, 5.74) is -0.561. The fourth-order valence-corrected chi connectivity index (χ4v) is 2.59. The van der Waals surface area contributed by atoms with Crippen LogP contribution in [0.5, 0.6) is 0 Å². The van der Waals surface area contributed by atoms with Gasteiger partial charge in [0.1, 0.15) is 11.4 Å². The number of anilines is 1. The maximum Gasteiger partial charge on any atom is 0.340 e. The van der Waals surface area contributed by atoms with Gasteiger partial charge < -0.3 is 15.7 Å².